The van der Waals surface area contributed by atoms with Gasteiger partial charge in [0.15, 0.2) is 11.6 Å². The zero-order valence-electron chi connectivity index (χ0n) is 44.1. The van der Waals surface area contributed by atoms with Crippen LogP contribution in [0.1, 0.15) is 114 Å². The highest BCUT2D eigenvalue weighted by molar-refractivity contribution is 7.13. The fourth-order valence-corrected chi connectivity index (χ4v) is 14.0. The van der Waals surface area contributed by atoms with Gasteiger partial charge in [0, 0.05) is 55.6 Å². The van der Waals surface area contributed by atoms with Gasteiger partial charge in [-0.15, -0.1) is 11.3 Å². The molecular formula is C59H67FN10O5S. The Labute approximate surface area is 447 Å². The molecule has 2 N–H and O–H groups in total. The second-order valence-corrected chi connectivity index (χ2v) is 23.0. The first kappa shape index (κ1) is 50.3. The molecule has 0 spiro atoms. The quantitative estimate of drug-likeness (QED) is 0.0941. The van der Waals surface area contributed by atoms with Gasteiger partial charge in [0.25, 0.3) is 5.88 Å². The molecule has 5 aliphatic rings. The molecule has 15 nitrogen and oxygen atoms in total. The fraction of sp³-hybridized carbons (Fsp3) is 0.475. The molecule has 3 aromatic carbocycles. The SMILES string of the molecule is CCc1cccc2cccc(-c3ncc4c(N5CC6CCC(C5)N6)nc(OCC56CCCN5C(COc5cc([C@@H](C(=O)N7CCC[C@H]7C(=O)N[C@@H](C)c7ccc(-c8scnc8C)cc7)C(C)C)on5)CC6)nc4c3F)c12. The number of halogens is 1. The number of likely N-dealkylation sites (tertiary alicyclic amines) is 1. The standard InChI is InChI=1S/C59H67FN10O5S/c1-6-37-11-7-12-39-13-8-14-44(50(37)39)52-51(60)53-45(28-61-52)55(68-29-41-20-21-42(30-68)64-41)66-58(65-53)74-32-59-23-10-26-70(59)43(22-24-59)31-73-48-27-47(75-67-48)49(34(2)3)57(72)69-25-9-15-46(69)56(71)63-35(4)38-16-18-40(19-17-38)54-36(5)62-33-76-54/h7-8,11-14,16-19,27-28,33-35,41-43,46,49,64H,6,9-10,15,20-26,29-32H2,1-5H3,(H,63,71)/t35-,41?,42?,43?,46-,49-,59?/m0/s1. The number of carbonyl (C=O) groups is 2. The molecule has 0 radical (unpaired) electrons. The summed E-state index contributed by atoms with van der Waals surface area (Å²) in [6.45, 7) is 13.7. The van der Waals surface area contributed by atoms with Gasteiger partial charge in [0.2, 0.25) is 11.8 Å². The topological polar surface area (TPSA) is 164 Å². The van der Waals surface area contributed by atoms with Gasteiger partial charge in [-0.2, -0.15) is 9.97 Å². The van der Waals surface area contributed by atoms with Gasteiger partial charge in [-0.25, -0.2) is 9.37 Å². The van der Waals surface area contributed by atoms with E-state index < -0.39 is 17.8 Å². The van der Waals surface area contributed by atoms with Crippen molar-refractivity contribution in [2.75, 3.05) is 44.3 Å². The number of ether oxygens (including phenoxy) is 2. The third kappa shape index (κ3) is 9.35. The Morgan fingerprint density at radius 3 is 2.51 bits per heavy atom. The maximum atomic E-state index is 17.3. The number of benzene rings is 3. The molecule has 7 aromatic rings. The second kappa shape index (κ2) is 20.8. The number of fused-ring (bicyclic) bond motifs is 5. The number of nitrogens with zero attached hydrogens (tertiary/aromatic N) is 8. The highest BCUT2D eigenvalue weighted by Gasteiger charge is 2.50. The minimum atomic E-state index is -0.642. The first-order chi connectivity index (χ1) is 36.9. The van der Waals surface area contributed by atoms with Crippen LogP contribution in [0.25, 0.3) is 43.4 Å². The molecule has 76 heavy (non-hydrogen) atoms. The van der Waals surface area contributed by atoms with E-state index in [0.29, 0.717) is 61.1 Å². The highest BCUT2D eigenvalue weighted by atomic mass is 32.1. The Kier molecular flexibility index (Phi) is 13.7. The molecule has 5 aliphatic heterocycles. The van der Waals surface area contributed by atoms with Crippen molar-refractivity contribution in [2.24, 2.45) is 5.92 Å². The Morgan fingerprint density at radius 2 is 1.75 bits per heavy atom. The lowest BCUT2D eigenvalue weighted by atomic mass is 9.91. The van der Waals surface area contributed by atoms with Gasteiger partial charge in [0.05, 0.1) is 33.0 Å². The molecule has 7 atom stereocenters. The lowest BCUT2D eigenvalue weighted by molar-refractivity contribution is -0.141. The monoisotopic (exact) mass is 1050 g/mol. The average molecular weight is 1050 g/mol. The number of nitrogens with one attached hydrogen (secondary N) is 2. The van der Waals surface area contributed by atoms with Crippen LogP contribution in [0, 0.1) is 18.7 Å². The molecule has 2 amide bonds. The van der Waals surface area contributed by atoms with Gasteiger partial charge in [-0.3, -0.25) is 19.5 Å². The molecule has 0 aliphatic carbocycles. The van der Waals surface area contributed by atoms with Crippen molar-refractivity contribution in [3.8, 4) is 33.6 Å². The minimum Gasteiger partial charge on any atom is -0.474 e. The number of amides is 2. The van der Waals surface area contributed by atoms with Gasteiger partial charge < -0.3 is 34.4 Å². The van der Waals surface area contributed by atoms with Crippen LogP contribution in [-0.4, -0.2) is 116 Å². The van der Waals surface area contributed by atoms with Gasteiger partial charge >= 0.3 is 6.01 Å². The number of aryl methyl sites for hydroxylation is 2. The number of hydrogen-bond donors (Lipinski definition) is 2. The first-order valence-corrected chi connectivity index (χ1v) is 28.3. The lowest BCUT2D eigenvalue weighted by Gasteiger charge is -2.35. The zero-order valence-corrected chi connectivity index (χ0v) is 44.9. The van der Waals surface area contributed by atoms with E-state index in [2.05, 4.69) is 67.8 Å². The molecule has 396 valence electrons. The average Bonchev–Trinajstić information content (AvgIpc) is 4.32. The second-order valence-electron chi connectivity index (χ2n) is 22.1. The Balaban J connectivity index is 0.722. The summed E-state index contributed by atoms with van der Waals surface area (Å²) in [5.74, 6) is -0.149. The summed E-state index contributed by atoms with van der Waals surface area (Å²) in [6.07, 6.45) is 9.79. The van der Waals surface area contributed by atoms with Crippen molar-refractivity contribution in [3.05, 3.63) is 107 Å². The molecule has 0 saturated carbocycles. The molecule has 4 aromatic heterocycles. The summed E-state index contributed by atoms with van der Waals surface area (Å²) in [6, 6.07) is 22.2. The third-order valence-corrected chi connectivity index (χ3v) is 18.1. The molecule has 12 rings (SSSR count). The zero-order chi connectivity index (χ0) is 52.2. The summed E-state index contributed by atoms with van der Waals surface area (Å²) in [5, 5.41) is 13.8. The van der Waals surface area contributed by atoms with Crippen LogP contribution in [0.2, 0.25) is 0 Å². The largest absolute Gasteiger partial charge is 0.474 e. The van der Waals surface area contributed by atoms with Crippen LogP contribution in [0.15, 0.2) is 83.0 Å². The van der Waals surface area contributed by atoms with E-state index in [1.165, 1.54) is 0 Å². The van der Waals surface area contributed by atoms with Crippen LogP contribution >= 0.6 is 11.3 Å². The number of rotatable bonds is 16. The normalized spacial score (nSPS) is 23.2. The Morgan fingerprint density at radius 1 is 0.947 bits per heavy atom. The maximum Gasteiger partial charge on any atom is 0.319 e. The van der Waals surface area contributed by atoms with Crippen LogP contribution < -0.4 is 25.0 Å². The van der Waals surface area contributed by atoms with E-state index in [1.807, 2.05) is 63.5 Å². The van der Waals surface area contributed by atoms with Crippen molar-refractivity contribution < 1.29 is 28.0 Å². The minimum absolute atomic E-state index is 0.0876. The van der Waals surface area contributed by atoms with Crippen molar-refractivity contribution in [3.63, 3.8) is 0 Å². The van der Waals surface area contributed by atoms with Gasteiger partial charge in [0.1, 0.15) is 42.2 Å². The highest BCUT2D eigenvalue weighted by Crippen LogP contribution is 2.44. The van der Waals surface area contributed by atoms with Gasteiger partial charge in [-0.1, -0.05) is 81.4 Å². The van der Waals surface area contributed by atoms with E-state index in [1.54, 1.807) is 28.5 Å². The summed E-state index contributed by atoms with van der Waals surface area (Å²) in [7, 11) is 0. The third-order valence-electron chi connectivity index (χ3n) is 17.1. The van der Waals surface area contributed by atoms with Crippen LogP contribution in [-0.2, 0) is 16.0 Å². The molecule has 2 bridgehead atoms. The summed E-state index contributed by atoms with van der Waals surface area (Å²) in [4.78, 5) is 55.0. The molecule has 5 fully saturated rings. The fourth-order valence-electron chi connectivity index (χ4n) is 13.2. The number of piperazine rings is 1. The molecule has 17 heteroatoms. The van der Waals surface area contributed by atoms with E-state index in [4.69, 9.17) is 28.9 Å². The van der Waals surface area contributed by atoms with E-state index >= 15 is 4.39 Å². The van der Waals surface area contributed by atoms with E-state index in [0.717, 1.165) is 115 Å². The summed E-state index contributed by atoms with van der Waals surface area (Å²) in [5.41, 5.74) is 7.03. The van der Waals surface area contributed by atoms with E-state index in [9.17, 15) is 9.59 Å². The van der Waals surface area contributed by atoms with Crippen molar-refractivity contribution >= 4 is 50.6 Å². The predicted molar refractivity (Wildman–Crippen MR) is 292 cm³/mol. The number of thiazole rings is 1. The first-order valence-electron chi connectivity index (χ1n) is 27.4. The van der Waals surface area contributed by atoms with Gasteiger partial charge in [-0.05, 0) is 117 Å². The number of aromatic nitrogens is 5. The molecule has 5 saturated heterocycles. The Bertz CT molecular complexity index is 3280. The van der Waals surface area contributed by atoms with Crippen molar-refractivity contribution in [1.29, 1.82) is 0 Å². The Hall–Kier alpha value is -6.56. The van der Waals surface area contributed by atoms with Crippen molar-refractivity contribution in [2.45, 2.75) is 134 Å². The molecule has 4 unspecified atom stereocenters. The molecule has 9 heterocycles. The molecular weight excluding hydrogens is 980 g/mol. The number of anilines is 1. The number of pyridine rings is 1. The number of hydrogen-bond acceptors (Lipinski definition) is 14. The lowest BCUT2D eigenvalue weighted by Crippen LogP contribution is -2.51. The van der Waals surface area contributed by atoms with Crippen LogP contribution in [0.3, 0.4) is 0 Å². The summed E-state index contributed by atoms with van der Waals surface area (Å²) >= 11 is 1.61. The van der Waals surface area contributed by atoms with Crippen LogP contribution in [0.4, 0.5) is 10.2 Å². The summed E-state index contributed by atoms with van der Waals surface area (Å²) < 4.78 is 36.3. The predicted octanol–water partition coefficient (Wildman–Crippen LogP) is 9.97. The smallest absolute Gasteiger partial charge is 0.319 e. The number of carbonyl (C=O) groups excluding carboxylic acids is 2. The van der Waals surface area contributed by atoms with Crippen LogP contribution in [0.5, 0.6) is 11.9 Å². The van der Waals surface area contributed by atoms with Crippen molar-refractivity contribution in [1.82, 2.24) is 45.5 Å². The van der Waals surface area contributed by atoms with E-state index in [-0.39, 0.29) is 52.6 Å². The maximum absolute atomic E-state index is 17.3.